The molecule has 2 nitrogen and oxygen atoms in total. The maximum absolute atomic E-state index is 5.37. The van der Waals surface area contributed by atoms with E-state index >= 15 is 0 Å². The van der Waals surface area contributed by atoms with E-state index in [1.807, 2.05) is 19.9 Å². The van der Waals surface area contributed by atoms with Gasteiger partial charge in [0.15, 0.2) is 5.79 Å². The molecule has 1 fully saturated rings. The highest BCUT2D eigenvalue weighted by molar-refractivity contribution is 4.84. The molecule has 1 heterocycles. The lowest BCUT2D eigenvalue weighted by Crippen LogP contribution is -2.23. The third kappa shape index (κ3) is 1.82. The molecule has 1 aliphatic heterocycles. The molecule has 0 amide bonds. The van der Waals surface area contributed by atoms with Crippen molar-refractivity contribution in [1.82, 2.24) is 0 Å². The topological polar surface area (TPSA) is 18.5 Å². The van der Waals surface area contributed by atoms with Crippen molar-refractivity contribution in [3.05, 3.63) is 12.2 Å². The smallest absolute Gasteiger partial charge is 0.169 e. The van der Waals surface area contributed by atoms with Gasteiger partial charge >= 0.3 is 0 Å². The molecule has 0 aromatic heterocycles. The maximum atomic E-state index is 5.37. The van der Waals surface area contributed by atoms with Crippen LogP contribution in [0.2, 0.25) is 0 Å². The SMILES string of the molecule is C/C=C\CC1(C)OCCO1. The van der Waals surface area contributed by atoms with Crippen molar-refractivity contribution in [3.63, 3.8) is 0 Å². The molecule has 10 heavy (non-hydrogen) atoms. The number of rotatable bonds is 2. The zero-order chi connectivity index (χ0) is 7.45. The van der Waals surface area contributed by atoms with Gasteiger partial charge in [-0.3, -0.25) is 0 Å². The highest BCUT2D eigenvalue weighted by atomic mass is 16.7. The Morgan fingerprint density at radius 1 is 1.40 bits per heavy atom. The summed E-state index contributed by atoms with van der Waals surface area (Å²) < 4.78 is 10.7. The van der Waals surface area contributed by atoms with Crippen LogP contribution in [-0.4, -0.2) is 19.0 Å². The van der Waals surface area contributed by atoms with E-state index in [9.17, 15) is 0 Å². The van der Waals surface area contributed by atoms with Crippen LogP contribution in [0.5, 0.6) is 0 Å². The van der Waals surface area contributed by atoms with Crippen LogP contribution >= 0.6 is 0 Å². The molecule has 0 saturated carbocycles. The zero-order valence-electron chi connectivity index (χ0n) is 6.59. The quantitative estimate of drug-likeness (QED) is 0.546. The van der Waals surface area contributed by atoms with Gasteiger partial charge in [-0.25, -0.2) is 0 Å². The van der Waals surface area contributed by atoms with E-state index in [4.69, 9.17) is 9.47 Å². The summed E-state index contributed by atoms with van der Waals surface area (Å²) in [4.78, 5) is 0. The molecule has 1 aliphatic rings. The van der Waals surface area contributed by atoms with Crippen molar-refractivity contribution in [2.75, 3.05) is 13.2 Å². The Labute approximate surface area is 61.8 Å². The fourth-order valence-corrected chi connectivity index (χ4v) is 1.01. The van der Waals surface area contributed by atoms with Gasteiger partial charge in [-0.1, -0.05) is 12.2 Å². The van der Waals surface area contributed by atoms with Gasteiger partial charge in [0.1, 0.15) is 0 Å². The Kier molecular flexibility index (Phi) is 2.46. The number of allylic oxidation sites excluding steroid dienone is 1. The summed E-state index contributed by atoms with van der Waals surface area (Å²) in [7, 11) is 0. The van der Waals surface area contributed by atoms with Gasteiger partial charge in [0.05, 0.1) is 13.2 Å². The minimum Gasteiger partial charge on any atom is -0.348 e. The van der Waals surface area contributed by atoms with E-state index in [1.54, 1.807) is 0 Å². The van der Waals surface area contributed by atoms with Gasteiger partial charge in [0, 0.05) is 6.42 Å². The monoisotopic (exact) mass is 142 g/mol. The van der Waals surface area contributed by atoms with Gasteiger partial charge in [-0.15, -0.1) is 0 Å². The molecule has 0 N–H and O–H groups in total. The van der Waals surface area contributed by atoms with Crippen LogP contribution in [-0.2, 0) is 9.47 Å². The van der Waals surface area contributed by atoms with E-state index < -0.39 is 0 Å². The molecule has 0 atom stereocenters. The van der Waals surface area contributed by atoms with Gasteiger partial charge in [-0.2, -0.15) is 0 Å². The summed E-state index contributed by atoms with van der Waals surface area (Å²) in [5.41, 5.74) is 0. The van der Waals surface area contributed by atoms with Crippen LogP contribution in [0.25, 0.3) is 0 Å². The average Bonchev–Trinajstić information content (AvgIpc) is 2.33. The lowest BCUT2D eigenvalue weighted by molar-refractivity contribution is -0.138. The van der Waals surface area contributed by atoms with Gasteiger partial charge in [0.25, 0.3) is 0 Å². The van der Waals surface area contributed by atoms with Gasteiger partial charge in [0.2, 0.25) is 0 Å². The van der Waals surface area contributed by atoms with Crippen molar-refractivity contribution in [2.45, 2.75) is 26.1 Å². The fourth-order valence-electron chi connectivity index (χ4n) is 1.01. The Balaban J connectivity index is 2.35. The molecule has 0 radical (unpaired) electrons. The zero-order valence-corrected chi connectivity index (χ0v) is 6.59. The van der Waals surface area contributed by atoms with E-state index in [0.717, 1.165) is 19.6 Å². The molecular formula is C8H14O2. The highest BCUT2D eigenvalue weighted by Gasteiger charge is 2.28. The summed E-state index contributed by atoms with van der Waals surface area (Å²) in [6.07, 6.45) is 4.92. The second-order valence-corrected chi connectivity index (χ2v) is 2.60. The number of hydrogen-bond donors (Lipinski definition) is 0. The summed E-state index contributed by atoms with van der Waals surface area (Å²) in [6, 6.07) is 0. The molecule has 2 heteroatoms. The molecule has 1 rings (SSSR count). The van der Waals surface area contributed by atoms with Crippen LogP contribution in [0.4, 0.5) is 0 Å². The molecule has 0 unspecified atom stereocenters. The molecule has 0 aliphatic carbocycles. The van der Waals surface area contributed by atoms with Crippen LogP contribution in [0.15, 0.2) is 12.2 Å². The molecule has 58 valence electrons. The van der Waals surface area contributed by atoms with E-state index in [1.165, 1.54) is 0 Å². The Hall–Kier alpha value is -0.340. The van der Waals surface area contributed by atoms with E-state index in [-0.39, 0.29) is 5.79 Å². The molecule has 0 aromatic rings. The molecule has 0 bridgehead atoms. The van der Waals surface area contributed by atoms with Crippen molar-refractivity contribution in [3.8, 4) is 0 Å². The Bertz CT molecular complexity index is 123. The van der Waals surface area contributed by atoms with E-state index in [2.05, 4.69) is 6.08 Å². The van der Waals surface area contributed by atoms with Gasteiger partial charge < -0.3 is 9.47 Å². The minimum atomic E-state index is -0.341. The van der Waals surface area contributed by atoms with Crippen LogP contribution < -0.4 is 0 Å². The first kappa shape index (κ1) is 7.76. The third-order valence-electron chi connectivity index (χ3n) is 1.62. The first-order valence-corrected chi connectivity index (χ1v) is 3.66. The first-order chi connectivity index (χ1) is 4.77. The van der Waals surface area contributed by atoms with Crippen molar-refractivity contribution in [1.29, 1.82) is 0 Å². The van der Waals surface area contributed by atoms with Crippen LogP contribution in [0, 0.1) is 0 Å². The second-order valence-electron chi connectivity index (χ2n) is 2.60. The fraction of sp³-hybridized carbons (Fsp3) is 0.750. The third-order valence-corrected chi connectivity index (χ3v) is 1.62. The summed E-state index contributed by atoms with van der Waals surface area (Å²) in [5, 5.41) is 0. The number of hydrogen-bond acceptors (Lipinski definition) is 2. The minimum absolute atomic E-state index is 0.341. The molecule has 1 saturated heterocycles. The molecule has 0 spiro atoms. The van der Waals surface area contributed by atoms with Crippen molar-refractivity contribution < 1.29 is 9.47 Å². The van der Waals surface area contributed by atoms with Crippen LogP contribution in [0.3, 0.4) is 0 Å². The van der Waals surface area contributed by atoms with Crippen LogP contribution in [0.1, 0.15) is 20.3 Å². The number of ether oxygens (including phenoxy) is 2. The summed E-state index contributed by atoms with van der Waals surface area (Å²) in [6.45, 7) is 5.43. The van der Waals surface area contributed by atoms with Crippen molar-refractivity contribution >= 4 is 0 Å². The van der Waals surface area contributed by atoms with Crippen molar-refractivity contribution in [2.24, 2.45) is 0 Å². The standard InChI is InChI=1S/C8H14O2/c1-3-4-5-8(2)9-6-7-10-8/h3-4H,5-7H2,1-2H3/b4-3-. The molecule has 0 aromatic carbocycles. The second kappa shape index (κ2) is 3.17. The van der Waals surface area contributed by atoms with E-state index in [0.29, 0.717) is 0 Å². The summed E-state index contributed by atoms with van der Waals surface area (Å²) >= 11 is 0. The Morgan fingerprint density at radius 2 is 2.00 bits per heavy atom. The molecular weight excluding hydrogens is 128 g/mol. The Morgan fingerprint density at radius 3 is 2.50 bits per heavy atom. The highest BCUT2D eigenvalue weighted by Crippen LogP contribution is 2.22. The predicted octanol–water partition coefficient (Wildman–Crippen LogP) is 1.72. The predicted molar refractivity (Wildman–Crippen MR) is 39.7 cm³/mol. The van der Waals surface area contributed by atoms with Gasteiger partial charge in [-0.05, 0) is 13.8 Å². The largest absolute Gasteiger partial charge is 0.348 e. The lowest BCUT2D eigenvalue weighted by atomic mass is 10.2. The first-order valence-electron chi connectivity index (χ1n) is 3.66. The lowest BCUT2D eigenvalue weighted by Gasteiger charge is -2.19. The average molecular weight is 142 g/mol. The summed E-state index contributed by atoms with van der Waals surface area (Å²) in [5.74, 6) is -0.341. The maximum Gasteiger partial charge on any atom is 0.169 e. The normalized spacial score (nSPS) is 24.2.